The lowest BCUT2D eigenvalue weighted by atomic mass is 10.0. The Morgan fingerprint density at radius 1 is 0.783 bits per heavy atom. The summed E-state index contributed by atoms with van der Waals surface area (Å²) in [6, 6.07) is 25.9. The first-order chi connectivity index (χ1) is 11.3. The lowest BCUT2D eigenvalue weighted by molar-refractivity contribution is 0.112. The number of benzene rings is 3. The molecule has 23 heavy (non-hydrogen) atoms. The topological polar surface area (TPSA) is 26.3 Å². The Bertz CT molecular complexity index is 764. The molecular formula is C21H18O2. The second-order valence-corrected chi connectivity index (χ2v) is 5.42. The zero-order valence-corrected chi connectivity index (χ0v) is 12.8. The third kappa shape index (κ3) is 4.07. The molecule has 2 nitrogen and oxygen atoms in total. The largest absolute Gasteiger partial charge is 0.489 e. The minimum atomic E-state index is 0.491. The number of rotatable bonds is 6. The van der Waals surface area contributed by atoms with E-state index in [1.165, 1.54) is 5.56 Å². The number of carbonyl (C=O) groups is 1. The van der Waals surface area contributed by atoms with Crippen LogP contribution in [0.3, 0.4) is 0 Å². The van der Waals surface area contributed by atoms with Crippen LogP contribution < -0.4 is 4.74 Å². The molecule has 0 aliphatic heterocycles. The minimum Gasteiger partial charge on any atom is -0.489 e. The summed E-state index contributed by atoms with van der Waals surface area (Å²) < 4.78 is 5.98. The van der Waals surface area contributed by atoms with E-state index in [-0.39, 0.29) is 0 Å². The summed E-state index contributed by atoms with van der Waals surface area (Å²) in [5, 5.41) is 0. The van der Waals surface area contributed by atoms with E-state index in [1.807, 2.05) is 66.7 Å². The lowest BCUT2D eigenvalue weighted by Gasteiger charge is -2.12. The fraction of sp³-hybridized carbons (Fsp3) is 0.0952. The van der Waals surface area contributed by atoms with Crippen molar-refractivity contribution in [3.05, 3.63) is 101 Å². The molecule has 0 fully saturated rings. The first-order valence-corrected chi connectivity index (χ1v) is 7.64. The first-order valence-electron chi connectivity index (χ1n) is 7.64. The van der Waals surface area contributed by atoms with Crippen LogP contribution in [-0.2, 0) is 13.0 Å². The molecule has 0 N–H and O–H groups in total. The zero-order valence-electron chi connectivity index (χ0n) is 12.8. The van der Waals surface area contributed by atoms with Crippen molar-refractivity contribution in [3.8, 4) is 5.75 Å². The number of aldehydes is 1. The molecule has 0 bridgehead atoms. The van der Waals surface area contributed by atoms with Crippen molar-refractivity contribution in [1.29, 1.82) is 0 Å². The van der Waals surface area contributed by atoms with Crippen LogP contribution in [0.5, 0.6) is 5.75 Å². The molecule has 3 aromatic carbocycles. The van der Waals surface area contributed by atoms with Crippen molar-refractivity contribution in [2.45, 2.75) is 13.0 Å². The second kappa shape index (κ2) is 7.41. The van der Waals surface area contributed by atoms with Gasteiger partial charge in [0.2, 0.25) is 0 Å². The highest BCUT2D eigenvalue weighted by molar-refractivity contribution is 5.76. The highest BCUT2D eigenvalue weighted by atomic mass is 16.5. The minimum absolute atomic E-state index is 0.491. The summed E-state index contributed by atoms with van der Waals surface area (Å²) in [6.45, 7) is 0.491. The van der Waals surface area contributed by atoms with Crippen molar-refractivity contribution in [2.75, 3.05) is 0 Å². The van der Waals surface area contributed by atoms with Gasteiger partial charge in [-0.15, -0.1) is 0 Å². The lowest BCUT2D eigenvalue weighted by Crippen LogP contribution is -2.00. The highest BCUT2D eigenvalue weighted by Crippen LogP contribution is 2.24. The Balaban J connectivity index is 1.82. The molecule has 114 valence electrons. The van der Waals surface area contributed by atoms with Gasteiger partial charge in [0, 0.05) is 12.0 Å². The first kappa shape index (κ1) is 15.0. The van der Waals surface area contributed by atoms with Crippen molar-refractivity contribution in [2.24, 2.45) is 0 Å². The van der Waals surface area contributed by atoms with E-state index in [0.717, 1.165) is 29.6 Å². The van der Waals surface area contributed by atoms with Crippen molar-refractivity contribution in [1.82, 2.24) is 0 Å². The molecule has 0 amide bonds. The van der Waals surface area contributed by atoms with Gasteiger partial charge in [-0.25, -0.2) is 0 Å². The fourth-order valence-electron chi connectivity index (χ4n) is 2.48. The standard InChI is InChI=1S/C21H18O2/c22-15-19-11-12-20(13-17-7-3-1-4-8-17)21(14-19)23-16-18-9-5-2-6-10-18/h1-12,14-15H,13,16H2. The van der Waals surface area contributed by atoms with Gasteiger partial charge < -0.3 is 4.74 Å². The number of ether oxygens (including phenoxy) is 1. The number of hydrogen-bond donors (Lipinski definition) is 0. The van der Waals surface area contributed by atoms with E-state index in [9.17, 15) is 4.79 Å². The van der Waals surface area contributed by atoms with E-state index >= 15 is 0 Å². The van der Waals surface area contributed by atoms with Gasteiger partial charge in [-0.2, -0.15) is 0 Å². The zero-order chi connectivity index (χ0) is 15.9. The molecule has 0 spiro atoms. The van der Waals surface area contributed by atoms with Gasteiger partial charge in [0.05, 0.1) is 0 Å². The van der Waals surface area contributed by atoms with E-state index in [0.29, 0.717) is 12.2 Å². The maximum atomic E-state index is 11.0. The highest BCUT2D eigenvalue weighted by Gasteiger charge is 2.07. The smallest absolute Gasteiger partial charge is 0.150 e. The fourth-order valence-corrected chi connectivity index (χ4v) is 2.48. The van der Waals surface area contributed by atoms with Crippen LogP contribution >= 0.6 is 0 Å². The molecule has 0 unspecified atom stereocenters. The molecular weight excluding hydrogens is 284 g/mol. The van der Waals surface area contributed by atoms with E-state index < -0.39 is 0 Å². The van der Waals surface area contributed by atoms with Gasteiger partial charge in [-0.1, -0.05) is 72.8 Å². The van der Waals surface area contributed by atoms with Gasteiger partial charge >= 0.3 is 0 Å². The summed E-state index contributed by atoms with van der Waals surface area (Å²) in [5.41, 5.74) is 4.04. The third-order valence-corrected chi connectivity index (χ3v) is 3.70. The van der Waals surface area contributed by atoms with Crippen LogP contribution in [0.4, 0.5) is 0 Å². The maximum absolute atomic E-state index is 11.0. The van der Waals surface area contributed by atoms with E-state index in [4.69, 9.17) is 4.74 Å². The van der Waals surface area contributed by atoms with Crippen LogP contribution in [0.25, 0.3) is 0 Å². The Morgan fingerprint density at radius 3 is 2.09 bits per heavy atom. The monoisotopic (exact) mass is 302 g/mol. The molecule has 0 heterocycles. The molecule has 3 aromatic rings. The summed E-state index contributed by atoms with van der Waals surface area (Å²) in [4.78, 5) is 11.0. The summed E-state index contributed by atoms with van der Waals surface area (Å²) in [5.74, 6) is 0.766. The molecule has 0 radical (unpaired) electrons. The Morgan fingerprint density at radius 2 is 1.43 bits per heavy atom. The maximum Gasteiger partial charge on any atom is 0.150 e. The molecule has 0 saturated heterocycles. The van der Waals surface area contributed by atoms with Crippen LogP contribution in [0.15, 0.2) is 78.9 Å². The van der Waals surface area contributed by atoms with Gasteiger partial charge in [0.1, 0.15) is 18.6 Å². The molecule has 0 aliphatic carbocycles. The van der Waals surface area contributed by atoms with Crippen LogP contribution in [0.1, 0.15) is 27.0 Å². The van der Waals surface area contributed by atoms with Gasteiger partial charge in [0.25, 0.3) is 0 Å². The van der Waals surface area contributed by atoms with Crippen molar-refractivity contribution in [3.63, 3.8) is 0 Å². The van der Waals surface area contributed by atoms with E-state index in [1.54, 1.807) is 0 Å². The quantitative estimate of drug-likeness (QED) is 0.619. The number of hydrogen-bond acceptors (Lipinski definition) is 2. The predicted molar refractivity (Wildman–Crippen MR) is 91.9 cm³/mol. The third-order valence-electron chi connectivity index (χ3n) is 3.70. The second-order valence-electron chi connectivity index (χ2n) is 5.42. The van der Waals surface area contributed by atoms with Gasteiger partial charge in [-0.05, 0) is 22.8 Å². The molecule has 0 atom stereocenters. The molecule has 0 aromatic heterocycles. The normalized spacial score (nSPS) is 10.3. The Labute approximate surface area is 136 Å². The van der Waals surface area contributed by atoms with Crippen LogP contribution in [0, 0.1) is 0 Å². The van der Waals surface area contributed by atoms with Gasteiger partial charge in [-0.3, -0.25) is 4.79 Å². The molecule has 3 rings (SSSR count). The Kier molecular flexibility index (Phi) is 4.85. The SMILES string of the molecule is O=Cc1ccc(Cc2ccccc2)c(OCc2ccccc2)c1. The van der Waals surface area contributed by atoms with Gasteiger partial charge in [0.15, 0.2) is 0 Å². The Hall–Kier alpha value is -2.87. The van der Waals surface area contributed by atoms with Crippen molar-refractivity contribution < 1.29 is 9.53 Å². The van der Waals surface area contributed by atoms with Crippen LogP contribution in [0.2, 0.25) is 0 Å². The van der Waals surface area contributed by atoms with Crippen LogP contribution in [-0.4, -0.2) is 6.29 Å². The molecule has 0 aliphatic rings. The number of carbonyl (C=O) groups excluding carboxylic acids is 1. The van der Waals surface area contributed by atoms with E-state index in [2.05, 4.69) is 12.1 Å². The average Bonchev–Trinajstić information content (AvgIpc) is 2.62. The summed E-state index contributed by atoms with van der Waals surface area (Å²) >= 11 is 0. The molecule has 2 heteroatoms. The predicted octanol–water partition coefficient (Wildman–Crippen LogP) is 4.67. The average molecular weight is 302 g/mol. The molecule has 0 saturated carbocycles. The summed E-state index contributed by atoms with van der Waals surface area (Å²) in [7, 11) is 0. The van der Waals surface area contributed by atoms with Crippen molar-refractivity contribution >= 4 is 6.29 Å². The summed E-state index contributed by atoms with van der Waals surface area (Å²) in [6.07, 6.45) is 1.63.